The van der Waals surface area contributed by atoms with E-state index in [0.717, 1.165) is 63.7 Å². The Kier molecular flexibility index (Phi) is 12.7. The molecule has 0 aromatic heterocycles. The van der Waals surface area contributed by atoms with Crippen molar-refractivity contribution >= 4 is 135 Å². The van der Waals surface area contributed by atoms with Gasteiger partial charge in [0.1, 0.15) is 0 Å². The Hall–Kier alpha value is -4.42. The van der Waals surface area contributed by atoms with Crippen LogP contribution in [-0.2, 0) is 47.2 Å². The fraction of sp³-hybridized carbons (Fsp3) is 0. The highest BCUT2D eigenvalue weighted by atomic mass is 32.5. The molecule has 0 unspecified atom stereocenters. The van der Waals surface area contributed by atoms with E-state index in [2.05, 4.69) is 255 Å². The zero-order valence-corrected chi connectivity index (χ0v) is 40.5. The van der Waals surface area contributed by atoms with Crippen LogP contribution in [0.25, 0.3) is 0 Å². The van der Waals surface area contributed by atoms with Gasteiger partial charge in [-0.1, -0.05) is 290 Å². The molecule has 0 heterocycles. The molecule has 0 N–H and O–H groups in total. The van der Waals surface area contributed by atoms with Gasteiger partial charge < -0.3 is 0 Å². The quantitative estimate of drug-likeness (QED) is 0.113. The molecule has 0 saturated carbocycles. The Morgan fingerprint density at radius 1 is 0.194 bits per heavy atom. The lowest BCUT2D eigenvalue weighted by Gasteiger charge is -2.38. The average molecular weight is 943 g/mol. The molecule has 0 atom stereocenters. The van der Waals surface area contributed by atoms with Crippen molar-refractivity contribution < 1.29 is 0 Å². The third-order valence-corrected chi connectivity index (χ3v) is 31.5. The molecule has 302 valence electrons. The summed E-state index contributed by atoms with van der Waals surface area (Å²) in [5.74, 6) is 0. The van der Waals surface area contributed by atoms with Crippen molar-refractivity contribution in [2.24, 2.45) is 0 Å². The molecular formula is C54H42P4S4. The van der Waals surface area contributed by atoms with Crippen LogP contribution in [0.15, 0.2) is 255 Å². The van der Waals surface area contributed by atoms with Gasteiger partial charge in [-0.25, -0.2) is 0 Å². The Labute approximate surface area is 386 Å². The van der Waals surface area contributed by atoms with Gasteiger partial charge >= 0.3 is 0 Å². The minimum atomic E-state index is -3.01. The van der Waals surface area contributed by atoms with Gasteiger partial charge in [0.15, 0.2) is 0 Å². The normalized spacial score (nSPS) is 12.1. The van der Waals surface area contributed by atoms with Gasteiger partial charge in [-0.2, -0.15) is 0 Å². The molecule has 0 spiro atoms. The topological polar surface area (TPSA) is 0 Å². The third-order valence-electron chi connectivity index (χ3n) is 11.4. The lowest BCUT2D eigenvalue weighted by molar-refractivity contribution is 1.74. The van der Waals surface area contributed by atoms with Crippen LogP contribution in [0.3, 0.4) is 0 Å². The molecule has 0 radical (unpaired) electrons. The van der Waals surface area contributed by atoms with Crippen LogP contribution in [0.1, 0.15) is 0 Å². The first-order valence-electron chi connectivity index (χ1n) is 20.4. The fourth-order valence-electron chi connectivity index (χ4n) is 8.39. The maximum atomic E-state index is 7.57. The molecule has 8 heteroatoms. The van der Waals surface area contributed by atoms with Crippen LogP contribution in [-0.4, -0.2) is 0 Å². The first kappa shape index (κ1) is 42.9. The lowest BCUT2D eigenvalue weighted by Crippen LogP contribution is -2.50. The van der Waals surface area contributed by atoms with E-state index in [4.69, 9.17) is 47.2 Å². The fourth-order valence-corrected chi connectivity index (χ4v) is 27.0. The monoisotopic (exact) mass is 942 g/mol. The summed E-state index contributed by atoms with van der Waals surface area (Å²) in [7, 11) is 0. The second-order valence-electron chi connectivity index (χ2n) is 15.0. The predicted molar refractivity (Wildman–Crippen MR) is 291 cm³/mol. The van der Waals surface area contributed by atoms with Crippen molar-refractivity contribution in [1.29, 1.82) is 0 Å². The van der Waals surface area contributed by atoms with Crippen LogP contribution < -0.4 is 63.7 Å². The van der Waals surface area contributed by atoms with Gasteiger partial charge in [0.2, 0.25) is 0 Å². The molecule has 62 heavy (non-hydrogen) atoms. The van der Waals surface area contributed by atoms with E-state index >= 15 is 0 Å². The molecule has 9 aromatic rings. The summed E-state index contributed by atoms with van der Waals surface area (Å²) in [6.07, 6.45) is 0. The number of hydrogen-bond donors (Lipinski definition) is 0. The Bertz CT molecular complexity index is 2860. The largest absolute Gasteiger partial charge is 0.0826 e. The zero-order chi connectivity index (χ0) is 42.6. The first-order valence-corrected chi connectivity index (χ1v) is 31.6. The smallest absolute Gasteiger partial charge is 0.0393 e. The van der Waals surface area contributed by atoms with Gasteiger partial charge in [-0.15, -0.1) is 0 Å². The first-order chi connectivity index (χ1) is 30.3. The molecule has 0 aliphatic carbocycles. The molecule has 0 nitrogen and oxygen atoms in total. The predicted octanol–water partition coefficient (Wildman–Crippen LogP) is 8.71. The minimum absolute atomic E-state index is 1.06. The van der Waals surface area contributed by atoms with Crippen LogP contribution in [0, 0.1) is 0 Å². The number of rotatable bonds is 12. The average Bonchev–Trinajstić information content (AvgIpc) is 3.37. The zero-order valence-electron chi connectivity index (χ0n) is 33.7. The Balaban J connectivity index is 1.60. The van der Waals surface area contributed by atoms with Crippen LogP contribution in [0.2, 0.25) is 0 Å². The highest BCUT2D eigenvalue weighted by Gasteiger charge is 2.42. The van der Waals surface area contributed by atoms with E-state index in [-0.39, 0.29) is 0 Å². The van der Waals surface area contributed by atoms with E-state index in [9.17, 15) is 0 Å². The molecule has 9 rings (SSSR count). The van der Waals surface area contributed by atoms with E-state index in [1.165, 1.54) is 0 Å². The summed E-state index contributed by atoms with van der Waals surface area (Å²) < 4.78 is 0. The number of hydrogen-bond acceptors (Lipinski definition) is 4. The van der Waals surface area contributed by atoms with Crippen molar-refractivity contribution in [3.8, 4) is 0 Å². The molecular weight excluding hydrogens is 901 g/mol. The summed E-state index contributed by atoms with van der Waals surface area (Å²) in [6.45, 7) is 0. The van der Waals surface area contributed by atoms with E-state index in [0.29, 0.717) is 0 Å². The maximum absolute atomic E-state index is 7.57. The van der Waals surface area contributed by atoms with Gasteiger partial charge in [-0.05, 0) is 59.9 Å². The summed E-state index contributed by atoms with van der Waals surface area (Å²) in [5, 5.41) is 13.0. The lowest BCUT2D eigenvalue weighted by atomic mass is 10.3. The Morgan fingerprint density at radius 3 is 0.581 bits per heavy atom. The highest BCUT2D eigenvalue weighted by Crippen LogP contribution is 2.54. The summed E-state index contributed by atoms with van der Waals surface area (Å²) >= 11 is 29.9. The second kappa shape index (κ2) is 18.4. The Morgan fingerprint density at radius 2 is 0.371 bits per heavy atom. The molecule has 0 amide bonds. The molecule has 0 aliphatic heterocycles. The SMILES string of the molecule is S=P(c1ccccc1)(c1ccccc1)c1cc(P(=S)(c2ccccc2)c2ccccc2)c(P(=S)(c2ccccc2)c2ccccc2)c(P(=S)(c2ccccc2)c2ccccc2)c1. The second-order valence-corrected chi connectivity index (χ2v) is 32.5. The third kappa shape index (κ3) is 7.60. The van der Waals surface area contributed by atoms with Gasteiger partial charge in [0, 0.05) is 40.1 Å². The molecule has 0 bridgehead atoms. The van der Waals surface area contributed by atoms with Crippen molar-refractivity contribution in [1.82, 2.24) is 0 Å². The molecule has 0 saturated heterocycles. The summed E-state index contributed by atoms with van der Waals surface area (Å²) in [4.78, 5) is 0. The van der Waals surface area contributed by atoms with Crippen LogP contribution >= 0.6 is 24.2 Å². The minimum Gasteiger partial charge on any atom is -0.0826 e. The van der Waals surface area contributed by atoms with Crippen molar-refractivity contribution in [3.05, 3.63) is 255 Å². The van der Waals surface area contributed by atoms with Crippen LogP contribution in [0.5, 0.6) is 0 Å². The van der Waals surface area contributed by atoms with E-state index in [1.54, 1.807) is 0 Å². The van der Waals surface area contributed by atoms with Crippen molar-refractivity contribution in [2.45, 2.75) is 0 Å². The van der Waals surface area contributed by atoms with Gasteiger partial charge in [0.05, 0.1) is 0 Å². The van der Waals surface area contributed by atoms with Crippen molar-refractivity contribution in [2.75, 3.05) is 0 Å². The van der Waals surface area contributed by atoms with Gasteiger partial charge in [0.25, 0.3) is 0 Å². The molecule has 0 aliphatic rings. The van der Waals surface area contributed by atoms with Crippen LogP contribution in [0.4, 0.5) is 0 Å². The summed E-state index contributed by atoms with van der Waals surface area (Å²) in [6, 6.07) is 78.9. The van der Waals surface area contributed by atoms with Crippen molar-refractivity contribution in [3.63, 3.8) is 0 Å². The molecule has 0 fully saturated rings. The number of benzene rings is 9. The van der Waals surface area contributed by atoms with Gasteiger partial charge in [-0.3, -0.25) is 0 Å². The van der Waals surface area contributed by atoms with E-state index in [1.807, 2.05) is 0 Å². The van der Waals surface area contributed by atoms with E-state index < -0.39 is 24.2 Å². The summed E-state index contributed by atoms with van der Waals surface area (Å²) in [5.41, 5.74) is 0. The standard InChI is InChI=1S/C54H42P4S4/c59-55(43-25-9-1-10-26-43,44-27-11-2-12-28-44)51-41-52(56(60,45-29-13-3-14-30-45)46-31-15-4-16-32-46)54(58(62,49-37-21-7-22-38-49)50-39-23-8-24-40-50)53(42-51)57(61,47-33-17-5-18-34-47)48-35-19-6-20-36-48/h1-42H. The molecule has 9 aromatic carbocycles. The maximum Gasteiger partial charge on any atom is 0.0393 e. The highest BCUT2D eigenvalue weighted by molar-refractivity contribution is 8.31.